The van der Waals surface area contributed by atoms with E-state index in [1.807, 2.05) is 49.8 Å². The topological polar surface area (TPSA) is 54.8 Å². The molecule has 0 bridgehead atoms. The van der Waals surface area contributed by atoms with Crippen molar-refractivity contribution < 1.29 is 0 Å². The first-order valence-corrected chi connectivity index (χ1v) is 7.49. The monoisotopic (exact) mass is 297 g/mol. The van der Waals surface area contributed by atoms with Gasteiger partial charge in [0, 0.05) is 32.2 Å². The van der Waals surface area contributed by atoms with E-state index in [4.69, 9.17) is 0 Å². The van der Waals surface area contributed by atoms with Gasteiger partial charge in [0.25, 0.3) is 0 Å². The van der Waals surface area contributed by atoms with Gasteiger partial charge in [-0.3, -0.25) is 9.97 Å². The molecule has 0 saturated heterocycles. The van der Waals surface area contributed by atoms with E-state index in [0.717, 1.165) is 28.8 Å². The summed E-state index contributed by atoms with van der Waals surface area (Å²) in [5.41, 5.74) is 2.13. The van der Waals surface area contributed by atoms with Gasteiger partial charge < -0.3 is 4.90 Å². The fourth-order valence-corrected chi connectivity index (χ4v) is 2.71. The van der Waals surface area contributed by atoms with E-state index in [1.165, 1.54) is 5.56 Å². The summed E-state index contributed by atoms with van der Waals surface area (Å²) in [6, 6.07) is 9.87. The fraction of sp³-hybridized carbons (Fsp3) is 0.200. The first-order valence-electron chi connectivity index (χ1n) is 6.68. The Balaban J connectivity index is 1.66. The largest absolute Gasteiger partial charge is 0.349 e. The van der Waals surface area contributed by atoms with Gasteiger partial charge in [-0.05, 0) is 36.2 Å². The third kappa shape index (κ3) is 3.41. The Morgan fingerprint density at radius 2 is 1.90 bits per heavy atom. The van der Waals surface area contributed by atoms with Gasteiger partial charge in [0.05, 0.1) is 0 Å². The number of rotatable bonds is 5. The second-order valence-corrected chi connectivity index (χ2v) is 5.59. The SMILES string of the molecule is CN(CCc1ccncc1)c1nnc(-c2ccccn2)s1. The Morgan fingerprint density at radius 3 is 2.67 bits per heavy atom. The molecule has 0 amide bonds. The number of nitrogens with zero attached hydrogens (tertiary/aromatic N) is 5. The van der Waals surface area contributed by atoms with Crippen molar-refractivity contribution in [3.8, 4) is 10.7 Å². The van der Waals surface area contributed by atoms with E-state index in [-0.39, 0.29) is 0 Å². The molecule has 0 aliphatic heterocycles. The van der Waals surface area contributed by atoms with Gasteiger partial charge in [-0.1, -0.05) is 17.4 Å². The molecule has 3 aromatic heterocycles. The Hall–Kier alpha value is -2.34. The number of hydrogen-bond acceptors (Lipinski definition) is 6. The standard InChI is InChI=1S/C15H15N5S/c1-20(11-7-12-5-9-16-10-6-12)15-19-18-14(21-15)13-4-2-3-8-17-13/h2-6,8-10H,7,11H2,1H3. The van der Waals surface area contributed by atoms with Crippen molar-refractivity contribution in [1.82, 2.24) is 20.2 Å². The third-order valence-electron chi connectivity index (χ3n) is 3.11. The molecule has 0 aliphatic carbocycles. The lowest BCUT2D eigenvalue weighted by Gasteiger charge is -2.14. The Kier molecular flexibility index (Phi) is 4.16. The van der Waals surface area contributed by atoms with Gasteiger partial charge in [-0.25, -0.2) is 0 Å². The van der Waals surface area contributed by atoms with E-state index < -0.39 is 0 Å². The van der Waals surface area contributed by atoms with E-state index in [0.29, 0.717) is 0 Å². The number of hydrogen-bond donors (Lipinski definition) is 0. The van der Waals surface area contributed by atoms with Crippen LogP contribution in [0, 0.1) is 0 Å². The van der Waals surface area contributed by atoms with Crippen LogP contribution in [-0.4, -0.2) is 33.8 Å². The molecule has 0 fully saturated rings. The summed E-state index contributed by atoms with van der Waals surface area (Å²) in [7, 11) is 2.03. The zero-order valence-electron chi connectivity index (χ0n) is 11.7. The molecule has 0 aromatic carbocycles. The minimum atomic E-state index is 0.848. The predicted molar refractivity (Wildman–Crippen MR) is 84.4 cm³/mol. The molecule has 0 atom stereocenters. The average molecular weight is 297 g/mol. The molecule has 0 unspecified atom stereocenters. The maximum atomic E-state index is 4.30. The van der Waals surface area contributed by atoms with Crippen molar-refractivity contribution in [1.29, 1.82) is 0 Å². The lowest BCUT2D eigenvalue weighted by molar-refractivity contribution is 0.858. The van der Waals surface area contributed by atoms with Crippen molar-refractivity contribution in [2.24, 2.45) is 0 Å². The van der Waals surface area contributed by atoms with Crippen LogP contribution in [0.25, 0.3) is 10.7 Å². The van der Waals surface area contributed by atoms with Crippen LogP contribution in [-0.2, 0) is 6.42 Å². The number of anilines is 1. The molecule has 106 valence electrons. The minimum absolute atomic E-state index is 0.848. The summed E-state index contributed by atoms with van der Waals surface area (Å²) in [5, 5.41) is 10.2. The van der Waals surface area contributed by atoms with E-state index in [9.17, 15) is 0 Å². The van der Waals surface area contributed by atoms with Gasteiger partial charge in [0.2, 0.25) is 5.13 Å². The summed E-state index contributed by atoms with van der Waals surface area (Å²) in [5.74, 6) is 0. The quantitative estimate of drug-likeness (QED) is 0.724. The predicted octanol–water partition coefficient (Wildman–Crippen LogP) is 2.67. The van der Waals surface area contributed by atoms with Crippen LogP contribution in [0.15, 0.2) is 48.9 Å². The van der Waals surface area contributed by atoms with Crippen molar-refractivity contribution in [2.45, 2.75) is 6.42 Å². The normalized spacial score (nSPS) is 10.5. The number of pyridine rings is 2. The van der Waals surface area contributed by atoms with Crippen molar-refractivity contribution in [2.75, 3.05) is 18.5 Å². The third-order valence-corrected chi connectivity index (χ3v) is 4.17. The highest BCUT2D eigenvalue weighted by atomic mass is 32.1. The van der Waals surface area contributed by atoms with E-state index in [2.05, 4.69) is 25.1 Å². The molecule has 0 radical (unpaired) electrons. The molecule has 3 rings (SSSR count). The molecular formula is C15H15N5S. The zero-order valence-corrected chi connectivity index (χ0v) is 12.5. The van der Waals surface area contributed by atoms with E-state index >= 15 is 0 Å². The van der Waals surface area contributed by atoms with Gasteiger partial charge in [0.15, 0.2) is 5.01 Å². The summed E-state index contributed by atoms with van der Waals surface area (Å²) in [6.45, 7) is 0.890. The molecule has 21 heavy (non-hydrogen) atoms. The molecule has 3 aromatic rings. The Labute approximate surface area is 127 Å². The summed E-state index contributed by atoms with van der Waals surface area (Å²) in [6.07, 6.45) is 6.36. The molecular weight excluding hydrogens is 282 g/mol. The molecule has 5 nitrogen and oxygen atoms in total. The van der Waals surface area contributed by atoms with Gasteiger partial charge in [0.1, 0.15) is 5.69 Å². The summed E-state index contributed by atoms with van der Waals surface area (Å²) < 4.78 is 0. The summed E-state index contributed by atoms with van der Waals surface area (Å²) in [4.78, 5) is 10.4. The first-order chi connectivity index (χ1) is 10.3. The molecule has 6 heteroatoms. The van der Waals surface area contributed by atoms with Gasteiger partial charge >= 0.3 is 0 Å². The van der Waals surface area contributed by atoms with Crippen LogP contribution < -0.4 is 4.90 Å². The fourth-order valence-electron chi connectivity index (χ4n) is 1.90. The van der Waals surface area contributed by atoms with Crippen LogP contribution in [0.3, 0.4) is 0 Å². The Bertz CT molecular complexity index is 684. The molecule has 0 spiro atoms. The van der Waals surface area contributed by atoms with Crippen molar-refractivity contribution in [3.05, 3.63) is 54.5 Å². The van der Waals surface area contributed by atoms with Crippen LogP contribution in [0.2, 0.25) is 0 Å². The highest BCUT2D eigenvalue weighted by Crippen LogP contribution is 2.26. The molecule has 0 aliphatic rings. The van der Waals surface area contributed by atoms with Crippen LogP contribution >= 0.6 is 11.3 Å². The van der Waals surface area contributed by atoms with Crippen LogP contribution in [0.4, 0.5) is 5.13 Å². The highest BCUT2D eigenvalue weighted by Gasteiger charge is 2.10. The summed E-state index contributed by atoms with van der Waals surface area (Å²) >= 11 is 1.56. The minimum Gasteiger partial charge on any atom is -0.349 e. The lowest BCUT2D eigenvalue weighted by Crippen LogP contribution is -2.20. The van der Waals surface area contributed by atoms with Gasteiger partial charge in [-0.15, -0.1) is 10.2 Å². The lowest BCUT2D eigenvalue weighted by atomic mass is 10.2. The van der Waals surface area contributed by atoms with Crippen LogP contribution in [0.1, 0.15) is 5.56 Å². The first kappa shape index (κ1) is 13.6. The number of likely N-dealkylation sites (N-methyl/N-ethyl adjacent to an activating group) is 1. The van der Waals surface area contributed by atoms with Gasteiger partial charge in [-0.2, -0.15) is 0 Å². The van der Waals surface area contributed by atoms with Crippen molar-refractivity contribution in [3.63, 3.8) is 0 Å². The average Bonchev–Trinajstić information content (AvgIpc) is 3.04. The van der Waals surface area contributed by atoms with E-state index in [1.54, 1.807) is 17.5 Å². The maximum Gasteiger partial charge on any atom is 0.208 e. The smallest absolute Gasteiger partial charge is 0.208 e. The molecule has 3 heterocycles. The van der Waals surface area contributed by atoms with Crippen molar-refractivity contribution >= 4 is 16.5 Å². The maximum absolute atomic E-state index is 4.30. The molecule has 0 saturated carbocycles. The van der Waals surface area contributed by atoms with Crippen LogP contribution in [0.5, 0.6) is 0 Å². The second-order valence-electron chi connectivity index (χ2n) is 4.63. The Morgan fingerprint density at radius 1 is 1.05 bits per heavy atom. The number of aromatic nitrogens is 4. The molecule has 0 N–H and O–H groups in total. The zero-order chi connectivity index (χ0) is 14.5. The second kappa shape index (κ2) is 6.41. The highest BCUT2D eigenvalue weighted by molar-refractivity contribution is 7.18.